The van der Waals surface area contributed by atoms with Gasteiger partial charge in [-0.15, -0.1) is 5.48 Å². The van der Waals surface area contributed by atoms with Gasteiger partial charge in [0, 0.05) is 26.2 Å². The molecule has 0 bridgehead atoms. The van der Waals surface area contributed by atoms with Gasteiger partial charge in [0.15, 0.2) is 23.5 Å². The normalized spacial score (nSPS) is 27.4. The molecule has 2 atom stereocenters. The molecular weight excluding hydrogens is 456 g/mol. The molecule has 2 aromatic heterocycles. The Morgan fingerprint density at radius 2 is 1.83 bits per heavy atom. The van der Waals surface area contributed by atoms with Crippen LogP contribution in [-0.2, 0) is 11.4 Å². The van der Waals surface area contributed by atoms with E-state index in [9.17, 15) is 4.79 Å². The fourth-order valence-electron chi connectivity index (χ4n) is 5.95. The van der Waals surface area contributed by atoms with Crippen molar-refractivity contribution < 1.29 is 9.63 Å². The topological polar surface area (TPSA) is 109 Å². The predicted octanol–water partition coefficient (Wildman–Crippen LogP) is 4.34. The molecule has 1 amide bonds. The number of nitrogens with zero attached hydrogens (tertiary/aromatic N) is 5. The maximum absolute atomic E-state index is 11.7. The van der Waals surface area contributed by atoms with Crippen molar-refractivity contribution in [2.45, 2.75) is 90.4 Å². The van der Waals surface area contributed by atoms with E-state index in [0.717, 1.165) is 42.2 Å². The fourth-order valence-corrected chi connectivity index (χ4v) is 5.95. The Bertz CT molecular complexity index is 1100. The van der Waals surface area contributed by atoms with Gasteiger partial charge in [0.2, 0.25) is 5.95 Å². The summed E-state index contributed by atoms with van der Waals surface area (Å²) in [5.41, 5.74) is 4.36. The summed E-state index contributed by atoms with van der Waals surface area (Å²) in [6.07, 6.45) is 10.4. The number of carbonyl (C=O) groups excluding carboxylic acids is 1. The zero-order valence-corrected chi connectivity index (χ0v) is 21.8. The Hall–Kier alpha value is -2.62. The lowest BCUT2D eigenvalue weighted by Gasteiger charge is -2.32. The third kappa shape index (κ3) is 4.84. The van der Waals surface area contributed by atoms with Gasteiger partial charge < -0.3 is 19.6 Å². The number of nitrogens with one attached hydrogen (secondary N) is 3. The summed E-state index contributed by atoms with van der Waals surface area (Å²) in [6, 6.07) is 0.304. The van der Waals surface area contributed by atoms with E-state index in [1.807, 2.05) is 0 Å². The van der Waals surface area contributed by atoms with Crippen LogP contribution in [0.5, 0.6) is 0 Å². The quantitative estimate of drug-likeness (QED) is 0.470. The lowest BCUT2D eigenvalue weighted by Crippen LogP contribution is -2.32. The van der Waals surface area contributed by atoms with E-state index >= 15 is 0 Å². The maximum Gasteiger partial charge on any atom is 0.427 e. The Balaban J connectivity index is 1.41. The lowest BCUT2D eigenvalue weighted by atomic mass is 9.80. The largest absolute Gasteiger partial charge is 0.427 e. The monoisotopic (exact) mass is 496 g/mol. The molecule has 36 heavy (non-hydrogen) atoms. The lowest BCUT2D eigenvalue weighted by molar-refractivity contribution is 0.120. The second kappa shape index (κ2) is 9.68. The van der Waals surface area contributed by atoms with E-state index in [0.29, 0.717) is 29.3 Å². The van der Waals surface area contributed by atoms with Crippen molar-refractivity contribution in [1.82, 2.24) is 30.3 Å². The molecule has 0 radical (unpaired) electrons. The summed E-state index contributed by atoms with van der Waals surface area (Å²) < 4.78 is 2.38. The van der Waals surface area contributed by atoms with Gasteiger partial charge in [-0.2, -0.15) is 4.98 Å². The Morgan fingerprint density at radius 3 is 2.47 bits per heavy atom. The number of fused-ring (bicyclic) bond motifs is 1. The van der Waals surface area contributed by atoms with Gasteiger partial charge in [-0.05, 0) is 69.1 Å². The minimum absolute atomic E-state index is 0.304. The van der Waals surface area contributed by atoms with E-state index in [4.69, 9.17) is 19.8 Å². The van der Waals surface area contributed by atoms with Crippen molar-refractivity contribution in [3.8, 4) is 0 Å². The highest BCUT2D eigenvalue weighted by Crippen LogP contribution is 2.37. The molecule has 6 rings (SSSR count). The molecule has 2 aromatic rings. The average Bonchev–Trinajstić information content (AvgIpc) is 3.39. The number of hydrogen-bond donors (Lipinski definition) is 3. The van der Waals surface area contributed by atoms with Crippen LogP contribution in [0, 0.1) is 23.7 Å². The van der Waals surface area contributed by atoms with Crippen LogP contribution in [0.1, 0.15) is 83.6 Å². The van der Waals surface area contributed by atoms with Crippen molar-refractivity contribution >= 4 is 29.0 Å². The average molecular weight is 497 g/mol. The van der Waals surface area contributed by atoms with Crippen LogP contribution in [0.25, 0.3) is 11.2 Å². The van der Waals surface area contributed by atoms with Gasteiger partial charge in [-0.1, -0.05) is 26.2 Å². The van der Waals surface area contributed by atoms with E-state index in [2.05, 4.69) is 46.5 Å². The molecule has 3 aliphatic carbocycles. The molecule has 4 fully saturated rings. The Kier molecular flexibility index (Phi) is 6.39. The molecule has 10 nitrogen and oxygen atoms in total. The summed E-state index contributed by atoms with van der Waals surface area (Å²) in [4.78, 5) is 33.8. The highest BCUT2D eigenvalue weighted by Gasteiger charge is 2.32. The number of imidazole rings is 1. The summed E-state index contributed by atoms with van der Waals surface area (Å²) in [5, 5.41) is 6.48. The third-order valence-corrected chi connectivity index (χ3v) is 8.76. The van der Waals surface area contributed by atoms with Crippen LogP contribution < -0.4 is 21.0 Å². The minimum Gasteiger partial charge on any atom is -0.365 e. The van der Waals surface area contributed by atoms with Crippen molar-refractivity contribution in [2.24, 2.45) is 23.7 Å². The Morgan fingerprint density at radius 1 is 1.08 bits per heavy atom. The summed E-state index contributed by atoms with van der Waals surface area (Å²) in [6.45, 7) is 6.57. The van der Waals surface area contributed by atoms with Crippen LogP contribution in [0.3, 0.4) is 0 Å². The molecule has 196 valence electrons. The maximum atomic E-state index is 11.7. The van der Waals surface area contributed by atoms with Gasteiger partial charge in [0.1, 0.15) is 5.52 Å². The molecule has 0 spiro atoms. The predicted molar refractivity (Wildman–Crippen MR) is 138 cm³/mol. The summed E-state index contributed by atoms with van der Waals surface area (Å²) in [7, 11) is 2.16. The number of amides is 1. The Labute approximate surface area is 212 Å². The molecule has 1 saturated heterocycles. The summed E-state index contributed by atoms with van der Waals surface area (Å²) in [5.74, 6) is 5.10. The van der Waals surface area contributed by atoms with Gasteiger partial charge in [-0.3, -0.25) is 5.32 Å². The fraction of sp³-hybridized carbons (Fsp3) is 0.769. The van der Waals surface area contributed by atoms with Crippen LogP contribution in [0.2, 0.25) is 0 Å². The number of hydroxylamine groups is 1. The second-order valence-corrected chi connectivity index (χ2v) is 11.8. The third-order valence-electron chi connectivity index (χ3n) is 8.76. The first kappa shape index (κ1) is 23.8. The van der Waals surface area contributed by atoms with Crippen LogP contribution >= 0.6 is 0 Å². The molecule has 4 aliphatic rings. The summed E-state index contributed by atoms with van der Waals surface area (Å²) >= 11 is 0. The second-order valence-electron chi connectivity index (χ2n) is 11.8. The van der Waals surface area contributed by atoms with Gasteiger partial charge in [-0.25, -0.2) is 14.8 Å². The molecule has 3 N–H and O–H groups in total. The van der Waals surface area contributed by atoms with E-state index in [-0.39, 0.29) is 0 Å². The first-order valence-electron chi connectivity index (χ1n) is 13.9. The number of rotatable bonds is 9. The van der Waals surface area contributed by atoms with Crippen LogP contribution in [0.15, 0.2) is 0 Å². The van der Waals surface area contributed by atoms with Crippen LogP contribution in [0.4, 0.5) is 16.6 Å². The number of hydrogen-bond acceptors (Lipinski definition) is 8. The molecule has 1 aliphatic heterocycles. The molecule has 1 unspecified atom stereocenters. The van der Waals surface area contributed by atoms with Gasteiger partial charge in [0.05, 0.1) is 0 Å². The highest BCUT2D eigenvalue weighted by atomic mass is 16.7. The first-order chi connectivity index (χ1) is 17.4. The van der Waals surface area contributed by atoms with E-state index < -0.39 is 12.3 Å². The van der Waals surface area contributed by atoms with Crippen molar-refractivity contribution in [3.63, 3.8) is 0 Å². The first-order valence-corrected chi connectivity index (χ1v) is 13.9. The smallest absolute Gasteiger partial charge is 0.365 e. The van der Waals surface area contributed by atoms with Crippen molar-refractivity contribution in [1.29, 1.82) is 0 Å². The zero-order chi connectivity index (χ0) is 24.8. The standard InChI is InChI=1S/C26H40N8O2/c1-15-7-9-18(10-8-15)14-34-20-21(27-16(2)19-5-4-6-19)28-23(24-31-26(35)36-32-24)29-22(20)30-25(34)33(3)13-17-11-12-17/h15-19,24,32H,4-14H2,1-3H3,(H,31,35)(H,27,28,29)/t15?,16-,18?,24?/m1/s1. The van der Waals surface area contributed by atoms with Crippen LogP contribution in [-0.4, -0.2) is 45.2 Å². The van der Waals surface area contributed by atoms with Crippen molar-refractivity contribution in [3.05, 3.63) is 5.82 Å². The number of carbonyl (C=O) groups is 1. The zero-order valence-electron chi connectivity index (χ0n) is 21.8. The van der Waals surface area contributed by atoms with Gasteiger partial charge in [0.25, 0.3) is 0 Å². The molecule has 10 heteroatoms. The highest BCUT2D eigenvalue weighted by molar-refractivity contribution is 5.86. The number of aromatic nitrogens is 4. The molecule has 0 aromatic carbocycles. The van der Waals surface area contributed by atoms with Gasteiger partial charge >= 0.3 is 6.09 Å². The van der Waals surface area contributed by atoms with Crippen molar-refractivity contribution in [2.75, 3.05) is 23.8 Å². The molecule has 3 saturated carbocycles. The number of anilines is 2. The molecule has 3 heterocycles. The molecular formula is C26H40N8O2. The SMILES string of the molecule is CC1CCC(Cn2c(N(C)CC3CC3)nc3nc(C4NOC(=O)N4)nc(N[C@H](C)C4CCC4)c32)CC1. The van der Waals surface area contributed by atoms with E-state index in [1.165, 1.54) is 57.8 Å². The minimum atomic E-state index is -0.598. The van der Waals surface area contributed by atoms with E-state index in [1.54, 1.807) is 0 Å².